The molecule has 0 aliphatic carbocycles. The highest BCUT2D eigenvalue weighted by atomic mass is 35.5. The van der Waals surface area contributed by atoms with Gasteiger partial charge in [-0.05, 0) is 43.5 Å². The Morgan fingerprint density at radius 1 is 1.45 bits per heavy atom. The van der Waals surface area contributed by atoms with Gasteiger partial charge in [-0.1, -0.05) is 18.5 Å². The predicted molar refractivity (Wildman–Crippen MR) is 82.2 cm³/mol. The van der Waals surface area contributed by atoms with Gasteiger partial charge in [0.1, 0.15) is 5.75 Å². The van der Waals surface area contributed by atoms with E-state index in [4.69, 9.17) is 22.1 Å². The lowest BCUT2D eigenvalue weighted by atomic mass is 10.0. The number of rotatable bonds is 6. The maximum Gasteiger partial charge on any atom is 0.262 e. The highest BCUT2D eigenvalue weighted by Gasteiger charge is 2.18. The number of nitrogens with zero attached hydrogens (tertiary/aromatic N) is 1. The molecule has 1 amide bonds. The second kappa shape index (κ2) is 7.50. The molecule has 0 saturated heterocycles. The third-order valence-corrected chi connectivity index (χ3v) is 3.36. The molecule has 2 atom stereocenters. The van der Waals surface area contributed by atoms with E-state index in [9.17, 15) is 4.79 Å². The monoisotopic (exact) mass is 298 g/mol. The van der Waals surface area contributed by atoms with Crippen molar-refractivity contribution < 1.29 is 9.53 Å². The Kier molecular flexibility index (Phi) is 6.30. The molecule has 0 heterocycles. The van der Waals surface area contributed by atoms with E-state index in [0.717, 1.165) is 12.0 Å². The van der Waals surface area contributed by atoms with Gasteiger partial charge in [0.25, 0.3) is 5.91 Å². The lowest BCUT2D eigenvalue weighted by molar-refractivity contribution is -0.135. The Labute approximate surface area is 125 Å². The fourth-order valence-electron chi connectivity index (χ4n) is 1.85. The normalized spacial score (nSPS) is 13.7. The highest BCUT2D eigenvalue weighted by Crippen LogP contribution is 2.25. The third kappa shape index (κ3) is 4.69. The van der Waals surface area contributed by atoms with Crippen molar-refractivity contribution in [2.75, 3.05) is 14.1 Å². The lowest BCUT2D eigenvalue weighted by Crippen LogP contribution is -2.35. The smallest absolute Gasteiger partial charge is 0.262 e. The van der Waals surface area contributed by atoms with Gasteiger partial charge in [0.05, 0.1) is 0 Å². The van der Waals surface area contributed by atoms with Gasteiger partial charge < -0.3 is 15.4 Å². The molecule has 0 radical (unpaired) electrons. The van der Waals surface area contributed by atoms with Crippen molar-refractivity contribution in [2.24, 2.45) is 5.73 Å². The molecule has 2 unspecified atom stereocenters. The minimum atomic E-state index is -0.539. The van der Waals surface area contributed by atoms with Crippen molar-refractivity contribution in [3.8, 4) is 5.75 Å². The van der Waals surface area contributed by atoms with Crippen molar-refractivity contribution >= 4 is 17.5 Å². The second-order valence-electron chi connectivity index (χ2n) is 5.12. The van der Waals surface area contributed by atoms with Crippen LogP contribution in [0.5, 0.6) is 5.75 Å². The van der Waals surface area contributed by atoms with Crippen LogP contribution in [0.15, 0.2) is 18.2 Å². The molecule has 112 valence electrons. The van der Waals surface area contributed by atoms with Crippen LogP contribution in [0.25, 0.3) is 0 Å². The molecule has 0 fully saturated rings. The summed E-state index contributed by atoms with van der Waals surface area (Å²) in [5, 5.41) is 0.641. The van der Waals surface area contributed by atoms with E-state index in [0.29, 0.717) is 17.2 Å². The number of carbonyl (C=O) groups is 1. The van der Waals surface area contributed by atoms with Crippen molar-refractivity contribution in [1.29, 1.82) is 0 Å². The first-order valence-corrected chi connectivity index (χ1v) is 7.14. The molecule has 0 aliphatic rings. The number of amides is 1. The Balaban J connectivity index is 2.91. The molecule has 5 heteroatoms. The van der Waals surface area contributed by atoms with Gasteiger partial charge in [0, 0.05) is 25.2 Å². The number of ether oxygens (including phenoxy) is 1. The molecule has 2 N–H and O–H groups in total. The van der Waals surface area contributed by atoms with E-state index >= 15 is 0 Å². The number of carbonyl (C=O) groups excluding carboxylic acids is 1. The van der Waals surface area contributed by atoms with E-state index in [1.165, 1.54) is 4.90 Å². The number of likely N-dealkylation sites (N-methyl/N-ethyl adjacent to an activating group) is 1. The molecule has 0 aliphatic heterocycles. The topological polar surface area (TPSA) is 55.6 Å². The van der Waals surface area contributed by atoms with Crippen LogP contribution in [-0.2, 0) is 11.2 Å². The number of halogens is 1. The van der Waals surface area contributed by atoms with Gasteiger partial charge in [0.2, 0.25) is 0 Å². The van der Waals surface area contributed by atoms with Gasteiger partial charge in [0.15, 0.2) is 6.10 Å². The Bertz CT molecular complexity index is 463. The molecule has 1 rings (SSSR count). The van der Waals surface area contributed by atoms with E-state index in [2.05, 4.69) is 0 Å². The first-order valence-electron chi connectivity index (χ1n) is 6.77. The molecule has 0 saturated carbocycles. The van der Waals surface area contributed by atoms with Crippen LogP contribution in [0.4, 0.5) is 0 Å². The first kappa shape index (κ1) is 16.8. The quantitative estimate of drug-likeness (QED) is 0.878. The summed E-state index contributed by atoms with van der Waals surface area (Å²) in [6, 6.07) is 5.44. The molecule has 20 heavy (non-hydrogen) atoms. The number of nitrogens with two attached hydrogens (primary N) is 1. The van der Waals surface area contributed by atoms with E-state index in [1.54, 1.807) is 33.2 Å². The summed E-state index contributed by atoms with van der Waals surface area (Å²) in [4.78, 5) is 13.4. The van der Waals surface area contributed by atoms with Crippen LogP contribution in [0.3, 0.4) is 0 Å². The summed E-state index contributed by atoms with van der Waals surface area (Å²) in [5.41, 5.74) is 6.92. The third-order valence-electron chi connectivity index (χ3n) is 3.12. The minimum absolute atomic E-state index is 0.0515. The van der Waals surface area contributed by atoms with Crippen molar-refractivity contribution in [1.82, 2.24) is 4.90 Å². The molecule has 4 nitrogen and oxygen atoms in total. The van der Waals surface area contributed by atoms with E-state index in [1.807, 2.05) is 13.0 Å². The standard InChI is InChI=1S/C15H23ClN2O2/c1-5-13(17)9-11-8-12(16)6-7-14(11)20-10(2)15(19)18(3)4/h6-8,10,13H,5,9,17H2,1-4H3. The van der Waals surface area contributed by atoms with Gasteiger partial charge in [-0.2, -0.15) is 0 Å². The summed E-state index contributed by atoms with van der Waals surface area (Å²) in [7, 11) is 3.41. The average molecular weight is 299 g/mol. The molecular formula is C15H23ClN2O2. The summed E-state index contributed by atoms with van der Waals surface area (Å²) < 4.78 is 5.76. The fraction of sp³-hybridized carbons (Fsp3) is 0.533. The maximum atomic E-state index is 11.9. The number of benzene rings is 1. The molecular weight excluding hydrogens is 276 g/mol. The van der Waals surface area contributed by atoms with E-state index < -0.39 is 6.10 Å². The summed E-state index contributed by atoms with van der Waals surface area (Å²) in [5.74, 6) is 0.590. The van der Waals surface area contributed by atoms with Crippen molar-refractivity contribution in [3.05, 3.63) is 28.8 Å². The Morgan fingerprint density at radius 2 is 2.10 bits per heavy atom. The first-order chi connectivity index (χ1) is 9.35. The molecule has 1 aromatic rings. The van der Waals surface area contributed by atoms with Crippen LogP contribution in [-0.4, -0.2) is 37.0 Å². The fourth-order valence-corrected chi connectivity index (χ4v) is 2.05. The van der Waals surface area contributed by atoms with Crippen molar-refractivity contribution in [3.63, 3.8) is 0 Å². The van der Waals surface area contributed by atoms with Crippen LogP contribution < -0.4 is 10.5 Å². The van der Waals surface area contributed by atoms with Gasteiger partial charge in [-0.15, -0.1) is 0 Å². The Morgan fingerprint density at radius 3 is 2.65 bits per heavy atom. The van der Waals surface area contributed by atoms with Crippen LogP contribution in [0.2, 0.25) is 5.02 Å². The van der Waals surface area contributed by atoms with Crippen LogP contribution in [0.1, 0.15) is 25.8 Å². The minimum Gasteiger partial charge on any atom is -0.481 e. The summed E-state index contributed by atoms with van der Waals surface area (Å²) in [6.45, 7) is 3.77. The zero-order chi connectivity index (χ0) is 15.3. The van der Waals surface area contributed by atoms with Crippen molar-refractivity contribution in [2.45, 2.75) is 38.8 Å². The largest absolute Gasteiger partial charge is 0.481 e. The Hall–Kier alpha value is -1.26. The summed E-state index contributed by atoms with van der Waals surface area (Å²) >= 11 is 6.02. The average Bonchev–Trinajstić information content (AvgIpc) is 2.40. The van der Waals surface area contributed by atoms with Crippen LogP contribution >= 0.6 is 11.6 Å². The zero-order valence-corrected chi connectivity index (χ0v) is 13.3. The predicted octanol–water partition coefficient (Wildman–Crippen LogP) is 2.48. The highest BCUT2D eigenvalue weighted by molar-refractivity contribution is 6.30. The van der Waals surface area contributed by atoms with E-state index in [-0.39, 0.29) is 11.9 Å². The zero-order valence-electron chi connectivity index (χ0n) is 12.5. The molecule has 0 aromatic heterocycles. The van der Waals surface area contributed by atoms with Gasteiger partial charge >= 0.3 is 0 Å². The van der Waals surface area contributed by atoms with Gasteiger partial charge in [-0.25, -0.2) is 0 Å². The maximum absolute atomic E-state index is 11.9. The molecule has 0 spiro atoms. The number of hydrogen-bond acceptors (Lipinski definition) is 3. The SMILES string of the molecule is CCC(N)Cc1cc(Cl)ccc1OC(C)C(=O)N(C)C. The molecule has 0 bridgehead atoms. The second-order valence-corrected chi connectivity index (χ2v) is 5.55. The number of hydrogen-bond donors (Lipinski definition) is 1. The lowest BCUT2D eigenvalue weighted by Gasteiger charge is -2.21. The van der Waals surface area contributed by atoms with Gasteiger partial charge in [-0.3, -0.25) is 4.79 Å². The van der Waals surface area contributed by atoms with Crippen LogP contribution in [0, 0.1) is 0 Å². The molecule has 1 aromatic carbocycles. The summed E-state index contributed by atoms with van der Waals surface area (Å²) in [6.07, 6.45) is 1.01.